The molecule has 0 radical (unpaired) electrons. The molecule has 0 amide bonds. The summed E-state index contributed by atoms with van der Waals surface area (Å²) >= 11 is 0. The minimum Gasteiger partial charge on any atom is -0.393 e. The number of benzene rings is 1. The van der Waals surface area contributed by atoms with Gasteiger partial charge in [0.25, 0.3) is 0 Å². The average molecular weight is 395 g/mol. The van der Waals surface area contributed by atoms with Crippen molar-refractivity contribution in [2.45, 2.75) is 49.2 Å². The van der Waals surface area contributed by atoms with E-state index in [-0.39, 0.29) is 17.6 Å². The Morgan fingerprint density at radius 3 is 2.41 bits per heavy atom. The van der Waals surface area contributed by atoms with E-state index in [9.17, 15) is 13.5 Å². The number of piperidine rings is 2. The van der Waals surface area contributed by atoms with Crippen LogP contribution in [0, 0.1) is 5.41 Å². The molecular weight excluding hydrogens is 364 g/mol. The Morgan fingerprint density at radius 1 is 1.07 bits per heavy atom. The van der Waals surface area contributed by atoms with E-state index in [1.807, 2.05) is 6.07 Å². The lowest BCUT2D eigenvalue weighted by Crippen LogP contribution is -2.44. The van der Waals surface area contributed by atoms with Crippen molar-refractivity contribution in [1.29, 1.82) is 0 Å². The van der Waals surface area contributed by atoms with Gasteiger partial charge in [0.1, 0.15) is 0 Å². The lowest BCUT2D eigenvalue weighted by Gasteiger charge is -2.38. The predicted molar refractivity (Wildman–Crippen MR) is 103 cm³/mol. The Morgan fingerprint density at radius 2 is 1.74 bits per heavy atom. The molecule has 7 heteroatoms. The summed E-state index contributed by atoms with van der Waals surface area (Å²) in [6.45, 7) is 4.70. The van der Waals surface area contributed by atoms with E-state index in [1.165, 1.54) is 0 Å². The van der Waals surface area contributed by atoms with Crippen LogP contribution in [0.2, 0.25) is 0 Å². The molecule has 3 aliphatic rings. The lowest BCUT2D eigenvalue weighted by molar-refractivity contribution is 0.0327. The minimum atomic E-state index is -3.39. The monoisotopic (exact) mass is 394 g/mol. The van der Waals surface area contributed by atoms with Gasteiger partial charge in [0.05, 0.1) is 23.7 Å². The van der Waals surface area contributed by atoms with Crippen LogP contribution >= 0.6 is 0 Å². The molecule has 0 saturated carbocycles. The lowest BCUT2D eigenvalue weighted by atomic mass is 9.77. The number of hydrogen-bond acceptors (Lipinski definition) is 5. The van der Waals surface area contributed by atoms with Crippen LogP contribution in [0.1, 0.15) is 32.1 Å². The van der Waals surface area contributed by atoms with Crippen molar-refractivity contribution in [1.82, 2.24) is 9.21 Å². The zero-order valence-electron chi connectivity index (χ0n) is 15.8. The van der Waals surface area contributed by atoms with Crippen LogP contribution in [0.25, 0.3) is 0 Å². The summed E-state index contributed by atoms with van der Waals surface area (Å²) in [6.07, 6.45) is 4.55. The summed E-state index contributed by atoms with van der Waals surface area (Å²) in [5.41, 5.74) is 0.128. The molecule has 3 aliphatic heterocycles. The summed E-state index contributed by atoms with van der Waals surface area (Å²) in [6, 6.07) is 8.72. The molecular formula is C20H30N2O4S. The molecule has 0 aromatic heterocycles. The zero-order chi connectivity index (χ0) is 18.9. The molecule has 0 unspecified atom stereocenters. The molecule has 3 saturated heterocycles. The summed E-state index contributed by atoms with van der Waals surface area (Å²) in [7, 11) is -3.39. The second-order valence-corrected chi connectivity index (χ2v) is 10.3. The Balaban J connectivity index is 1.31. The van der Waals surface area contributed by atoms with Gasteiger partial charge in [-0.05, 0) is 49.7 Å². The third-order valence-electron chi connectivity index (χ3n) is 6.47. The third kappa shape index (κ3) is 4.22. The smallest absolute Gasteiger partial charge is 0.243 e. The van der Waals surface area contributed by atoms with Gasteiger partial charge in [-0.25, -0.2) is 8.42 Å². The van der Waals surface area contributed by atoms with Gasteiger partial charge >= 0.3 is 0 Å². The number of rotatable bonds is 4. The van der Waals surface area contributed by atoms with Crippen molar-refractivity contribution in [2.24, 2.45) is 5.41 Å². The fraction of sp³-hybridized carbons (Fsp3) is 0.700. The van der Waals surface area contributed by atoms with Gasteiger partial charge in [0, 0.05) is 32.7 Å². The first kappa shape index (κ1) is 19.3. The van der Waals surface area contributed by atoms with Gasteiger partial charge in [-0.2, -0.15) is 4.31 Å². The van der Waals surface area contributed by atoms with Crippen molar-refractivity contribution < 1.29 is 18.3 Å². The molecule has 6 nitrogen and oxygen atoms in total. The highest BCUT2D eigenvalue weighted by Gasteiger charge is 2.44. The highest BCUT2D eigenvalue weighted by molar-refractivity contribution is 7.89. The quantitative estimate of drug-likeness (QED) is 0.842. The van der Waals surface area contributed by atoms with E-state index < -0.39 is 10.0 Å². The van der Waals surface area contributed by atoms with Gasteiger partial charge in [-0.1, -0.05) is 18.2 Å². The molecule has 0 aliphatic carbocycles. The van der Waals surface area contributed by atoms with Gasteiger partial charge < -0.3 is 14.7 Å². The van der Waals surface area contributed by atoms with Gasteiger partial charge in [-0.3, -0.25) is 0 Å². The standard InChI is InChI=1S/C20H30N2O4S/c23-17-6-10-21(11-7-17)15-18-14-20(16-26-18)8-12-22(13-9-20)27(24,25)19-4-2-1-3-5-19/h1-5,17-18,23H,6-16H2/t18-/m1/s1. The number of nitrogens with zero attached hydrogens (tertiary/aromatic N) is 2. The van der Waals surface area contributed by atoms with E-state index in [1.54, 1.807) is 28.6 Å². The van der Waals surface area contributed by atoms with Crippen molar-refractivity contribution in [3.8, 4) is 0 Å². The Kier molecular flexibility index (Phi) is 5.58. The van der Waals surface area contributed by atoms with Crippen LogP contribution in [-0.4, -0.2) is 74.3 Å². The first-order valence-electron chi connectivity index (χ1n) is 10.0. The number of aliphatic hydroxyl groups excluding tert-OH is 1. The third-order valence-corrected chi connectivity index (χ3v) is 8.38. The number of sulfonamides is 1. The zero-order valence-corrected chi connectivity index (χ0v) is 16.6. The average Bonchev–Trinajstić information content (AvgIpc) is 3.07. The van der Waals surface area contributed by atoms with Gasteiger partial charge in [0.2, 0.25) is 10.0 Å². The van der Waals surface area contributed by atoms with Crippen LogP contribution in [-0.2, 0) is 14.8 Å². The Hall–Kier alpha value is -0.990. The highest BCUT2D eigenvalue weighted by Crippen LogP contribution is 2.43. The molecule has 150 valence electrons. The summed E-state index contributed by atoms with van der Waals surface area (Å²) < 4.78 is 33.4. The first-order valence-corrected chi connectivity index (χ1v) is 11.5. The van der Waals surface area contributed by atoms with Crippen LogP contribution < -0.4 is 0 Å². The topological polar surface area (TPSA) is 70.1 Å². The fourth-order valence-electron chi connectivity index (χ4n) is 4.69. The summed E-state index contributed by atoms with van der Waals surface area (Å²) in [4.78, 5) is 2.78. The Bertz CT molecular complexity index is 724. The number of hydrogen-bond donors (Lipinski definition) is 1. The fourth-order valence-corrected chi connectivity index (χ4v) is 6.16. The molecule has 1 aromatic carbocycles. The maximum Gasteiger partial charge on any atom is 0.243 e. The molecule has 27 heavy (non-hydrogen) atoms. The number of likely N-dealkylation sites (tertiary alicyclic amines) is 1. The van der Waals surface area contributed by atoms with Crippen LogP contribution in [0.5, 0.6) is 0 Å². The molecule has 1 N–H and O–H groups in total. The molecule has 1 atom stereocenters. The van der Waals surface area contributed by atoms with Gasteiger partial charge in [0.15, 0.2) is 0 Å². The Labute approximate surface area is 162 Å². The normalized spacial score (nSPS) is 28.0. The first-order chi connectivity index (χ1) is 13.0. The van der Waals surface area contributed by atoms with E-state index in [4.69, 9.17) is 4.74 Å². The van der Waals surface area contributed by atoms with Crippen LogP contribution in [0.4, 0.5) is 0 Å². The second-order valence-electron chi connectivity index (χ2n) is 8.39. The van der Waals surface area contributed by atoms with Crippen LogP contribution in [0.3, 0.4) is 0 Å². The molecule has 3 fully saturated rings. The largest absolute Gasteiger partial charge is 0.393 e. The highest BCUT2D eigenvalue weighted by atomic mass is 32.2. The molecule has 0 bridgehead atoms. The maximum absolute atomic E-state index is 12.8. The van der Waals surface area contributed by atoms with Gasteiger partial charge in [-0.15, -0.1) is 0 Å². The van der Waals surface area contributed by atoms with Crippen molar-refractivity contribution in [2.75, 3.05) is 39.3 Å². The van der Waals surface area contributed by atoms with Crippen molar-refractivity contribution in [3.63, 3.8) is 0 Å². The van der Waals surface area contributed by atoms with Crippen molar-refractivity contribution >= 4 is 10.0 Å². The van der Waals surface area contributed by atoms with E-state index in [0.717, 1.165) is 58.3 Å². The van der Waals surface area contributed by atoms with E-state index >= 15 is 0 Å². The van der Waals surface area contributed by atoms with Crippen molar-refractivity contribution in [3.05, 3.63) is 30.3 Å². The SMILES string of the molecule is O=S(=O)(c1ccccc1)N1CCC2(CC1)CO[C@@H](CN1CCC(O)CC1)C2. The molecule has 3 heterocycles. The maximum atomic E-state index is 12.8. The molecule has 4 rings (SSSR count). The molecule has 1 aromatic rings. The summed E-state index contributed by atoms with van der Waals surface area (Å²) in [5, 5.41) is 9.65. The summed E-state index contributed by atoms with van der Waals surface area (Å²) in [5.74, 6) is 0. The van der Waals surface area contributed by atoms with E-state index in [0.29, 0.717) is 18.0 Å². The number of ether oxygens (including phenoxy) is 1. The second kappa shape index (κ2) is 7.79. The number of aliphatic hydroxyl groups is 1. The van der Waals surface area contributed by atoms with E-state index in [2.05, 4.69) is 4.90 Å². The predicted octanol–water partition coefficient (Wildman–Crippen LogP) is 1.70. The molecule has 1 spiro atoms. The minimum absolute atomic E-state index is 0.128. The van der Waals surface area contributed by atoms with Crippen LogP contribution in [0.15, 0.2) is 35.2 Å².